The molecular weight excluding hydrogens is 723 g/mol. The number of aliphatic hydroxyl groups excluding tert-OH is 4. The van der Waals surface area contributed by atoms with Gasteiger partial charge < -0.3 is 60.0 Å². The molecule has 0 spiro atoms. The molecule has 18 nitrogen and oxygen atoms in total. The van der Waals surface area contributed by atoms with Crippen LogP contribution in [0.15, 0.2) is 34.9 Å². The minimum absolute atomic E-state index is 0.338. The summed E-state index contributed by atoms with van der Waals surface area (Å²) in [5, 5.41) is 55.8. The van der Waals surface area contributed by atoms with Crippen molar-refractivity contribution in [1.29, 1.82) is 0 Å². The molecule has 0 radical (unpaired) electrons. The van der Waals surface area contributed by atoms with Gasteiger partial charge in [0.2, 0.25) is 11.8 Å². The van der Waals surface area contributed by atoms with Crippen LogP contribution in [0.3, 0.4) is 0 Å². The van der Waals surface area contributed by atoms with Crippen molar-refractivity contribution in [2.24, 2.45) is 0 Å². The molecule has 0 bridgehead atoms. The number of allylic oxidation sites excluding steroid dienone is 5. The second-order valence-electron chi connectivity index (χ2n) is 13.4. The van der Waals surface area contributed by atoms with E-state index in [1.807, 2.05) is 6.92 Å². The Balaban J connectivity index is 2.33. The van der Waals surface area contributed by atoms with Crippen LogP contribution in [0, 0.1) is 0 Å². The summed E-state index contributed by atoms with van der Waals surface area (Å²) in [4.78, 5) is 47.0. The lowest BCUT2D eigenvalue weighted by Crippen LogP contribution is -2.70. The molecule has 304 valence electrons. The quantitative estimate of drug-likeness (QED) is 0.0631. The Labute approximate surface area is 309 Å². The van der Waals surface area contributed by atoms with E-state index in [1.165, 1.54) is 11.1 Å². The third-order valence-corrected chi connectivity index (χ3v) is 9.43. The number of hydrogen-bond donors (Lipinski definition) is 8. The van der Waals surface area contributed by atoms with Gasteiger partial charge in [-0.05, 0) is 60.3 Å². The van der Waals surface area contributed by atoms with Crippen molar-refractivity contribution in [2.45, 2.75) is 142 Å². The number of carboxylic acids is 1. The normalized spacial score (nSPS) is 31.2. The number of carbonyl (C=O) groups excluding carboxylic acids is 2. The molecule has 2 aliphatic rings. The van der Waals surface area contributed by atoms with Crippen molar-refractivity contribution in [3.63, 3.8) is 0 Å². The first-order valence-corrected chi connectivity index (χ1v) is 18.9. The van der Waals surface area contributed by atoms with E-state index in [0.29, 0.717) is 6.42 Å². The van der Waals surface area contributed by atoms with Crippen molar-refractivity contribution in [3.05, 3.63) is 34.9 Å². The first kappa shape index (κ1) is 46.6. The Morgan fingerprint density at radius 1 is 0.792 bits per heavy atom. The third kappa shape index (κ3) is 15.2. The molecule has 1 unspecified atom stereocenters. The SMILES string of the molecule is CC(=O)N[C@H]1[C@H](O[C@H]2[C@H](O[C@H](C)C(=O)O)[C@@H](NC(C)=O)[C@@H](OP(=O)(O)OC/C=C(\C)CC/C=C(\C)CCC=C(C)C)O[C@@H]2CO)O[C@H](CO)[C@@H](O)[C@@H]1O. The predicted octanol–water partition coefficient (Wildman–Crippen LogP) is 0.948. The van der Waals surface area contributed by atoms with E-state index >= 15 is 0 Å². The van der Waals surface area contributed by atoms with Gasteiger partial charge in [-0.1, -0.05) is 34.9 Å². The molecule has 0 aliphatic carbocycles. The predicted molar refractivity (Wildman–Crippen MR) is 188 cm³/mol. The first-order chi connectivity index (χ1) is 24.8. The summed E-state index contributed by atoms with van der Waals surface area (Å²) in [6.45, 7) is 9.33. The molecule has 53 heavy (non-hydrogen) atoms. The Morgan fingerprint density at radius 3 is 1.89 bits per heavy atom. The largest absolute Gasteiger partial charge is 0.479 e. The number of aliphatic hydroxyl groups is 4. The Kier molecular flexibility index (Phi) is 19.4. The van der Waals surface area contributed by atoms with E-state index in [-0.39, 0.29) is 6.61 Å². The minimum Gasteiger partial charge on any atom is -0.479 e. The van der Waals surface area contributed by atoms with Gasteiger partial charge in [0.15, 0.2) is 18.7 Å². The fourth-order valence-electron chi connectivity index (χ4n) is 5.66. The lowest BCUT2D eigenvalue weighted by molar-refractivity contribution is -0.331. The van der Waals surface area contributed by atoms with Crippen molar-refractivity contribution in [1.82, 2.24) is 10.6 Å². The van der Waals surface area contributed by atoms with Gasteiger partial charge in [-0.2, -0.15) is 0 Å². The lowest BCUT2D eigenvalue weighted by atomic mass is 9.94. The summed E-state index contributed by atoms with van der Waals surface area (Å²) in [6.07, 6.45) is -5.54. The summed E-state index contributed by atoms with van der Waals surface area (Å²) >= 11 is 0. The van der Waals surface area contributed by atoms with E-state index in [9.17, 15) is 49.4 Å². The summed E-state index contributed by atoms with van der Waals surface area (Å²) in [5.41, 5.74) is 3.39. The number of ether oxygens (including phenoxy) is 4. The van der Waals surface area contributed by atoms with E-state index in [4.69, 9.17) is 28.0 Å². The van der Waals surface area contributed by atoms with Crippen LogP contribution in [-0.2, 0) is 46.9 Å². The number of phosphoric acid groups is 1. The average molecular weight is 781 g/mol. The van der Waals surface area contributed by atoms with Crippen molar-refractivity contribution in [2.75, 3.05) is 19.8 Å². The van der Waals surface area contributed by atoms with Gasteiger partial charge in [0.05, 0.1) is 19.8 Å². The van der Waals surface area contributed by atoms with Crippen LogP contribution in [0.25, 0.3) is 0 Å². The van der Waals surface area contributed by atoms with Crippen LogP contribution in [0.4, 0.5) is 0 Å². The number of rotatable bonds is 20. The number of carboxylic acid groups (broad SMARTS) is 1. The number of phosphoric ester groups is 1. The van der Waals surface area contributed by atoms with Gasteiger partial charge in [0.1, 0.15) is 48.7 Å². The van der Waals surface area contributed by atoms with E-state index in [2.05, 4.69) is 43.6 Å². The van der Waals surface area contributed by atoms with Crippen LogP contribution in [0.2, 0.25) is 0 Å². The Morgan fingerprint density at radius 2 is 1.34 bits per heavy atom. The van der Waals surface area contributed by atoms with Gasteiger partial charge >= 0.3 is 13.8 Å². The molecule has 0 saturated carbocycles. The smallest absolute Gasteiger partial charge is 0.474 e. The Bertz CT molecular complexity index is 1350. The molecule has 12 atom stereocenters. The summed E-state index contributed by atoms with van der Waals surface area (Å²) in [5.74, 6) is -2.85. The molecule has 2 fully saturated rings. The maximum Gasteiger partial charge on any atom is 0.474 e. The highest BCUT2D eigenvalue weighted by Crippen LogP contribution is 2.47. The highest BCUT2D eigenvalue weighted by molar-refractivity contribution is 7.47. The molecule has 2 rings (SSSR count). The van der Waals surface area contributed by atoms with Crippen LogP contribution >= 0.6 is 7.82 Å². The number of nitrogens with one attached hydrogen (secondary N) is 2. The highest BCUT2D eigenvalue weighted by Gasteiger charge is 2.54. The molecular formula is C34H57N2O16P. The maximum atomic E-state index is 13.2. The van der Waals surface area contributed by atoms with E-state index < -0.39 is 106 Å². The number of amides is 2. The van der Waals surface area contributed by atoms with Gasteiger partial charge in [0.25, 0.3) is 0 Å². The van der Waals surface area contributed by atoms with Gasteiger partial charge in [-0.3, -0.25) is 18.6 Å². The van der Waals surface area contributed by atoms with E-state index in [0.717, 1.165) is 45.6 Å². The zero-order chi connectivity index (χ0) is 40.0. The van der Waals surface area contributed by atoms with Crippen molar-refractivity contribution < 1.29 is 77.4 Å². The second kappa shape index (κ2) is 22.1. The topological polar surface area (TPSA) is 269 Å². The fraction of sp³-hybridized carbons (Fsp3) is 0.735. The van der Waals surface area contributed by atoms with Crippen LogP contribution in [0.1, 0.15) is 74.1 Å². The van der Waals surface area contributed by atoms with Gasteiger partial charge in [-0.25, -0.2) is 9.36 Å². The highest BCUT2D eigenvalue weighted by atomic mass is 31.2. The third-order valence-electron chi connectivity index (χ3n) is 8.48. The molecule has 0 aromatic heterocycles. The first-order valence-electron chi connectivity index (χ1n) is 17.4. The average Bonchev–Trinajstić information content (AvgIpc) is 3.05. The number of carbonyl (C=O) groups is 3. The fourth-order valence-corrected chi connectivity index (χ4v) is 6.43. The molecule has 8 N–H and O–H groups in total. The van der Waals surface area contributed by atoms with Crippen LogP contribution < -0.4 is 10.6 Å². The lowest BCUT2D eigenvalue weighted by Gasteiger charge is -2.49. The molecule has 0 aromatic rings. The van der Waals surface area contributed by atoms with Crippen LogP contribution in [0.5, 0.6) is 0 Å². The summed E-state index contributed by atoms with van der Waals surface area (Å²) in [6, 6.07) is -3.06. The monoisotopic (exact) mass is 780 g/mol. The van der Waals surface area contributed by atoms with Gasteiger partial charge in [-0.15, -0.1) is 0 Å². The zero-order valence-corrected chi connectivity index (χ0v) is 32.1. The molecule has 0 aromatic carbocycles. The number of aliphatic carboxylic acids is 1. The zero-order valence-electron chi connectivity index (χ0n) is 31.2. The minimum atomic E-state index is -4.98. The van der Waals surface area contributed by atoms with Gasteiger partial charge in [0, 0.05) is 13.8 Å². The van der Waals surface area contributed by atoms with Crippen molar-refractivity contribution in [3.8, 4) is 0 Å². The van der Waals surface area contributed by atoms with Crippen molar-refractivity contribution >= 4 is 25.6 Å². The number of hydrogen-bond acceptors (Lipinski definition) is 14. The second-order valence-corrected chi connectivity index (χ2v) is 14.8. The summed E-state index contributed by atoms with van der Waals surface area (Å²) in [7, 11) is -4.98. The molecule has 2 saturated heterocycles. The van der Waals surface area contributed by atoms with Crippen LogP contribution in [-0.4, -0.2) is 135 Å². The Hall–Kier alpha value is -2.58. The maximum absolute atomic E-state index is 13.2. The molecule has 2 amide bonds. The molecule has 2 heterocycles. The molecule has 19 heteroatoms. The summed E-state index contributed by atoms with van der Waals surface area (Å²) < 4.78 is 46.9. The van der Waals surface area contributed by atoms with E-state index in [1.54, 1.807) is 6.08 Å². The molecule has 2 aliphatic heterocycles. The standard InChI is InChI=1S/C34H57N2O16P/c1-18(2)10-8-11-19(3)12-9-13-20(4)14-15-47-53(45,46)52-34-27(36-23(7)40)31(48-21(5)32(43)44)30(25(17-38)50-34)51-33-26(35-22(6)39)29(42)28(41)24(16-37)49-33/h10,12,14,21,24-31,33-34,37-38,41-42H,8-9,11,13,15-17H2,1-7H3,(H,35,39)(H,36,40)(H,43,44)(H,45,46)/b19-12+,20-14+/t21-,24-,25-,26-,27-,28-,29-,30-,31-,33+,34-/m1/s1.